The molecule has 0 spiro atoms. The van der Waals surface area contributed by atoms with Crippen molar-refractivity contribution in [2.75, 3.05) is 13.1 Å². The first-order chi connectivity index (χ1) is 8.75. The van der Waals surface area contributed by atoms with Gasteiger partial charge in [-0.15, -0.1) is 11.3 Å². The number of nitrogens with two attached hydrogens (primary N) is 1. The zero-order valence-electron chi connectivity index (χ0n) is 11.3. The molecule has 3 heteroatoms. The van der Waals surface area contributed by atoms with Gasteiger partial charge in [-0.2, -0.15) is 0 Å². The standard InChI is InChI=1S/C15H24N2S/c1-11(16)12-4-3-8-17(10-12)14-5-2-6-15-13(14)7-9-18-15/h7,9,11-12,14H,2-6,8,10,16H2,1H3. The van der Waals surface area contributed by atoms with Crippen molar-refractivity contribution in [2.24, 2.45) is 11.7 Å². The quantitative estimate of drug-likeness (QED) is 0.889. The lowest BCUT2D eigenvalue weighted by Gasteiger charge is -2.41. The minimum atomic E-state index is 0.346. The van der Waals surface area contributed by atoms with Gasteiger partial charge in [0.05, 0.1) is 0 Å². The van der Waals surface area contributed by atoms with E-state index < -0.39 is 0 Å². The lowest BCUT2D eigenvalue weighted by Crippen LogP contribution is -2.44. The Kier molecular flexibility index (Phi) is 3.73. The van der Waals surface area contributed by atoms with Gasteiger partial charge < -0.3 is 5.73 Å². The Hall–Kier alpha value is -0.380. The zero-order chi connectivity index (χ0) is 12.5. The molecular weight excluding hydrogens is 240 g/mol. The summed E-state index contributed by atoms with van der Waals surface area (Å²) in [5.74, 6) is 0.697. The molecule has 1 aliphatic carbocycles. The average molecular weight is 264 g/mol. The van der Waals surface area contributed by atoms with E-state index in [0.29, 0.717) is 18.0 Å². The van der Waals surface area contributed by atoms with Gasteiger partial charge in [-0.25, -0.2) is 0 Å². The van der Waals surface area contributed by atoms with Crippen molar-refractivity contribution in [1.29, 1.82) is 0 Å². The number of likely N-dealkylation sites (tertiary alicyclic amines) is 1. The Morgan fingerprint density at radius 1 is 1.39 bits per heavy atom. The van der Waals surface area contributed by atoms with E-state index in [2.05, 4.69) is 23.3 Å². The van der Waals surface area contributed by atoms with Crippen LogP contribution in [0.25, 0.3) is 0 Å². The third-order valence-corrected chi connectivity index (χ3v) is 5.69. The highest BCUT2D eigenvalue weighted by Gasteiger charge is 2.31. The number of hydrogen-bond donors (Lipinski definition) is 1. The van der Waals surface area contributed by atoms with Crippen LogP contribution in [0.2, 0.25) is 0 Å². The molecular formula is C15H24N2S. The van der Waals surface area contributed by atoms with Gasteiger partial charge in [0, 0.05) is 23.5 Å². The number of rotatable bonds is 2. The topological polar surface area (TPSA) is 29.3 Å². The molecule has 2 aliphatic rings. The SMILES string of the molecule is CC(N)C1CCCN(C2CCCc3sccc32)C1. The molecule has 0 bridgehead atoms. The smallest absolute Gasteiger partial charge is 0.0359 e. The largest absolute Gasteiger partial charge is 0.328 e. The molecule has 1 aromatic rings. The molecule has 1 saturated heterocycles. The minimum absolute atomic E-state index is 0.346. The van der Waals surface area contributed by atoms with Crippen LogP contribution < -0.4 is 5.73 Å². The molecule has 0 saturated carbocycles. The van der Waals surface area contributed by atoms with Gasteiger partial charge in [-0.05, 0) is 68.5 Å². The van der Waals surface area contributed by atoms with E-state index in [4.69, 9.17) is 5.73 Å². The maximum atomic E-state index is 6.11. The van der Waals surface area contributed by atoms with Crippen molar-refractivity contribution < 1.29 is 0 Å². The van der Waals surface area contributed by atoms with E-state index in [1.807, 2.05) is 11.3 Å². The van der Waals surface area contributed by atoms with Crippen LogP contribution in [-0.2, 0) is 6.42 Å². The molecule has 1 fully saturated rings. The van der Waals surface area contributed by atoms with E-state index in [-0.39, 0.29) is 0 Å². The van der Waals surface area contributed by atoms with Gasteiger partial charge in [0.1, 0.15) is 0 Å². The molecule has 2 nitrogen and oxygen atoms in total. The predicted octanol–water partition coefficient (Wildman–Crippen LogP) is 3.18. The Bertz CT molecular complexity index is 399. The molecule has 3 unspecified atom stereocenters. The van der Waals surface area contributed by atoms with Crippen molar-refractivity contribution in [3.8, 4) is 0 Å². The summed E-state index contributed by atoms with van der Waals surface area (Å²) >= 11 is 1.95. The Morgan fingerprint density at radius 2 is 2.28 bits per heavy atom. The molecule has 100 valence electrons. The van der Waals surface area contributed by atoms with Crippen LogP contribution in [0.15, 0.2) is 11.4 Å². The van der Waals surface area contributed by atoms with E-state index in [1.165, 1.54) is 45.2 Å². The van der Waals surface area contributed by atoms with Crippen molar-refractivity contribution in [1.82, 2.24) is 4.90 Å². The number of thiophene rings is 1. The number of hydrogen-bond acceptors (Lipinski definition) is 3. The summed E-state index contributed by atoms with van der Waals surface area (Å²) in [4.78, 5) is 4.34. The second-order valence-corrected chi connectivity index (χ2v) is 6.96. The maximum Gasteiger partial charge on any atom is 0.0359 e. The van der Waals surface area contributed by atoms with Gasteiger partial charge in [0.15, 0.2) is 0 Å². The molecule has 0 radical (unpaired) electrons. The lowest BCUT2D eigenvalue weighted by atomic mass is 9.87. The summed E-state index contributed by atoms with van der Waals surface area (Å²) in [5, 5.41) is 2.27. The Balaban J connectivity index is 1.76. The van der Waals surface area contributed by atoms with Crippen LogP contribution in [0.4, 0.5) is 0 Å². The number of aryl methyl sites for hydroxylation is 1. The molecule has 0 amide bonds. The number of piperidine rings is 1. The summed E-state index contributed by atoms with van der Waals surface area (Å²) in [6, 6.07) is 3.39. The van der Waals surface area contributed by atoms with Crippen molar-refractivity contribution >= 4 is 11.3 Å². The summed E-state index contributed by atoms with van der Waals surface area (Å²) in [5.41, 5.74) is 7.73. The van der Waals surface area contributed by atoms with Crippen LogP contribution >= 0.6 is 11.3 Å². The fraction of sp³-hybridized carbons (Fsp3) is 0.733. The molecule has 2 heterocycles. The van der Waals surface area contributed by atoms with E-state index >= 15 is 0 Å². The van der Waals surface area contributed by atoms with Crippen LogP contribution in [-0.4, -0.2) is 24.0 Å². The molecule has 3 atom stereocenters. The van der Waals surface area contributed by atoms with Crippen LogP contribution in [0.3, 0.4) is 0 Å². The van der Waals surface area contributed by atoms with Gasteiger partial charge in [-0.1, -0.05) is 0 Å². The Morgan fingerprint density at radius 3 is 3.11 bits per heavy atom. The third kappa shape index (κ3) is 2.36. The summed E-state index contributed by atoms with van der Waals surface area (Å²) in [6.07, 6.45) is 6.64. The molecule has 0 aromatic carbocycles. The van der Waals surface area contributed by atoms with Crippen LogP contribution in [0.1, 0.15) is 49.1 Å². The summed E-state index contributed by atoms with van der Waals surface area (Å²) < 4.78 is 0. The minimum Gasteiger partial charge on any atom is -0.328 e. The summed E-state index contributed by atoms with van der Waals surface area (Å²) in [6.45, 7) is 4.64. The zero-order valence-corrected chi connectivity index (χ0v) is 12.1. The van der Waals surface area contributed by atoms with E-state index in [1.54, 1.807) is 10.4 Å². The third-order valence-electron chi connectivity index (χ3n) is 4.69. The summed E-state index contributed by atoms with van der Waals surface area (Å²) in [7, 11) is 0. The van der Waals surface area contributed by atoms with Gasteiger partial charge >= 0.3 is 0 Å². The number of fused-ring (bicyclic) bond motifs is 1. The second kappa shape index (κ2) is 5.32. The predicted molar refractivity (Wildman–Crippen MR) is 77.9 cm³/mol. The highest BCUT2D eigenvalue weighted by atomic mass is 32.1. The fourth-order valence-corrected chi connectivity index (χ4v) is 4.58. The molecule has 2 N–H and O–H groups in total. The highest BCUT2D eigenvalue weighted by molar-refractivity contribution is 7.10. The number of nitrogens with zero attached hydrogens (tertiary/aromatic N) is 1. The lowest BCUT2D eigenvalue weighted by molar-refractivity contribution is 0.104. The van der Waals surface area contributed by atoms with Gasteiger partial charge in [0.25, 0.3) is 0 Å². The molecule has 1 aliphatic heterocycles. The van der Waals surface area contributed by atoms with Crippen molar-refractivity contribution in [2.45, 2.75) is 51.1 Å². The van der Waals surface area contributed by atoms with E-state index in [0.717, 1.165) is 0 Å². The molecule has 18 heavy (non-hydrogen) atoms. The van der Waals surface area contributed by atoms with Crippen molar-refractivity contribution in [3.63, 3.8) is 0 Å². The highest BCUT2D eigenvalue weighted by Crippen LogP contribution is 2.39. The van der Waals surface area contributed by atoms with Crippen LogP contribution in [0, 0.1) is 5.92 Å². The fourth-order valence-electron chi connectivity index (χ4n) is 3.59. The second-order valence-electron chi connectivity index (χ2n) is 5.96. The van der Waals surface area contributed by atoms with Crippen molar-refractivity contribution in [3.05, 3.63) is 21.9 Å². The average Bonchev–Trinajstić information content (AvgIpc) is 2.87. The first-order valence-corrected chi connectivity index (χ1v) is 8.19. The first kappa shape index (κ1) is 12.6. The maximum absolute atomic E-state index is 6.11. The van der Waals surface area contributed by atoms with Gasteiger partial charge in [0.2, 0.25) is 0 Å². The molecule has 3 rings (SSSR count). The monoisotopic (exact) mass is 264 g/mol. The normalized spacial score (nSPS) is 31.0. The van der Waals surface area contributed by atoms with E-state index in [9.17, 15) is 0 Å². The first-order valence-electron chi connectivity index (χ1n) is 7.31. The van der Waals surface area contributed by atoms with Crippen LogP contribution in [0.5, 0.6) is 0 Å². The molecule has 1 aromatic heterocycles. The Labute approximate surface area is 114 Å². The van der Waals surface area contributed by atoms with Gasteiger partial charge in [-0.3, -0.25) is 4.90 Å².